The molecule has 6 aromatic carbocycles. The van der Waals surface area contributed by atoms with Crippen LogP contribution in [0, 0.1) is 0 Å². The van der Waals surface area contributed by atoms with Crippen molar-refractivity contribution >= 4 is 43.7 Å². The van der Waals surface area contributed by atoms with E-state index in [9.17, 15) is 0 Å². The van der Waals surface area contributed by atoms with Crippen LogP contribution in [0.4, 0.5) is 0 Å². The summed E-state index contributed by atoms with van der Waals surface area (Å²) in [6.07, 6.45) is 3.74. The zero-order chi connectivity index (χ0) is 33.0. The summed E-state index contributed by atoms with van der Waals surface area (Å²) in [5.74, 6) is 0. The Hall–Kier alpha value is -6.78. The van der Waals surface area contributed by atoms with Gasteiger partial charge in [-0.3, -0.25) is 9.97 Å². The number of fused-ring (bicyclic) bond motifs is 6. The van der Waals surface area contributed by atoms with Gasteiger partial charge in [0.05, 0.1) is 33.3 Å². The third-order valence-corrected chi connectivity index (χ3v) is 9.79. The first kappa shape index (κ1) is 28.3. The molecule has 0 atom stereocenters. The van der Waals surface area contributed by atoms with Crippen LogP contribution < -0.4 is 0 Å². The van der Waals surface area contributed by atoms with Gasteiger partial charge in [0.25, 0.3) is 0 Å². The number of hydrogen-bond donors (Lipinski definition) is 0. The molecular weight excluding hydrogens is 609 g/mol. The maximum absolute atomic E-state index is 4.80. The highest BCUT2D eigenvalue weighted by Gasteiger charge is 2.18. The van der Waals surface area contributed by atoms with E-state index in [1.165, 1.54) is 21.9 Å². The molecule has 234 valence electrons. The standard InChI is InChI=1S/C46H30N4/c1-3-12-31(13-4-1)34-26-35(41-17-9-10-24-47-41)28-37(27-34)50-42-18-8-7-16-38(42)39-22-20-32(29-44(39)50)33-21-23-40-45(30-33)49(36-14-5-2-6-15-36)43-19-11-25-48-46(40)43/h1-30H. The summed E-state index contributed by atoms with van der Waals surface area (Å²) >= 11 is 0. The first-order chi connectivity index (χ1) is 24.8. The Bertz CT molecular complexity index is 2790. The molecular formula is C46H30N4. The molecule has 0 unspecified atom stereocenters. The van der Waals surface area contributed by atoms with Crippen LogP contribution in [0.15, 0.2) is 182 Å². The topological polar surface area (TPSA) is 35.6 Å². The Kier molecular flexibility index (Phi) is 6.46. The number of aromatic nitrogens is 4. The normalized spacial score (nSPS) is 11.6. The molecule has 4 aromatic heterocycles. The molecule has 10 aromatic rings. The van der Waals surface area contributed by atoms with Crippen molar-refractivity contribution in [1.82, 2.24) is 19.1 Å². The monoisotopic (exact) mass is 638 g/mol. The van der Waals surface area contributed by atoms with Crippen LogP contribution >= 0.6 is 0 Å². The van der Waals surface area contributed by atoms with E-state index in [0.717, 1.165) is 66.8 Å². The molecule has 0 saturated heterocycles. The van der Waals surface area contributed by atoms with E-state index >= 15 is 0 Å². The largest absolute Gasteiger partial charge is 0.309 e. The molecule has 4 heterocycles. The van der Waals surface area contributed by atoms with E-state index in [0.29, 0.717) is 0 Å². The minimum atomic E-state index is 0.949. The molecule has 0 spiro atoms. The minimum absolute atomic E-state index is 0.949. The minimum Gasteiger partial charge on any atom is -0.309 e. The van der Waals surface area contributed by atoms with E-state index in [4.69, 9.17) is 9.97 Å². The van der Waals surface area contributed by atoms with Crippen LogP contribution in [0.3, 0.4) is 0 Å². The molecule has 0 aliphatic rings. The second-order valence-electron chi connectivity index (χ2n) is 12.7. The molecule has 0 bridgehead atoms. The highest BCUT2D eigenvalue weighted by molar-refractivity contribution is 6.11. The van der Waals surface area contributed by atoms with Crippen molar-refractivity contribution in [2.75, 3.05) is 0 Å². The summed E-state index contributed by atoms with van der Waals surface area (Å²) in [4.78, 5) is 9.54. The SMILES string of the molecule is c1ccc(-c2cc(-c3ccccn3)cc(-n3c4ccccc4c4ccc(-c5ccc6c7ncccc7n(-c7ccccc7)c6c5)cc43)c2)cc1. The number of rotatable bonds is 5. The van der Waals surface area contributed by atoms with Crippen LogP contribution in [0.2, 0.25) is 0 Å². The van der Waals surface area contributed by atoms with Crippen molar-refractivity contribution in [3.63, 3.8) is 0 Å². The first-order valence-corrected chi connectivity index (χ1v) is 16.9. The third-order valence-electron chi connectivity index (χ3n) is 9.79. The van der Waals surface area contributed by atoms with Crippen molar-refractivity contribution in [1.29, 1.82) is 0 Å². The Labute approximate surface area is 289 Å². The zero-order valence-electron chi connectivity index (χ0n) is 27.1. The smallest absolute Gasteiger partial charge is 0.0963 e. The van der Waals surface area contributed by atoms with E-state index in [-0.39, 0.29) is 0 Å². The van der Waals surface area contributed by atoms with E-state index in [1.54, 1.807) is 0 Å². The Morgan fingerprint density at radius 1 is 0.320 bits per heavy atom. The van der Waals surface area contributed by atoms with E-state index in [1.807, 2.05) is 30.6 Å². The lowest BCUT2D eigenvalue weighted by Gasteiger charge is -2.14. The molecule has 0 amide bonds. The third kappa shape index (κ3) is 4.54. The van der Waals surface area contributed by atoms with Crippen molar-refractivity contribution in [3.8, 4) is 44.9 Å². The summed E-state index contributed by atoms with van der Waals surface area (Å²) in [6.45, 7) is 0. The van der Waals surface area contributed by atoms with Crippen molar-refractivity contribution in [2.24, 2.45) is 0 Å². The quantitative estimate of drug-likeness (QED) is 0.188. The van der Waals surface area contributed by atoms with Crippen LogP contribution in [-0.2, 0) is 0 Å². The predicted molar refractivity (Wildman–Crippen MR) is 207 cm³/mol. The van der Waals surface area contributed by atoms with Gasteiger partial charge in [0.1, 0.15) is 0 Å². The average molecular weight is 639 g/mol. The van der Waals surface area contributed by atoms with Gasteiger partial charge in [0.15, 0.2) is 0 Å². The highest BCUT2D eigenvalue weighted by atomic mass is 15.0. The summed E-state index contributed by atoms with van der Waals surface area (Å²) in [6, 6.07) is 60.6. The predicted octanol–water partition coefficient (Wildman–Crippen LogP) is 11.7. The van der Waals surface area contributed by atoms with Gasteiger partial charge in [-0.05, 0) is 101 Å². The van der Waals surface area contributed by atoms with Gasteiger partial charge < -0.3 is 9.13 Å². The molecule has 10 rings (SSSR count). The molecule has 50 heavy (non-hydrogen) atoms. The van der Waals surface area contributed by atoms with Crippen molar-refractivity contribution in [3.05, 3.63) is 182 Å². The maximum atomic E-state index is 4.80. The summed E-state index contributed by atoms with van der Waals surface area (Å²) in [5, 5.41) is 3.59. The summed E-state index contributed by atoms with van der Waals surface area (Å²) in [7, 11) is 0. The van der Waals surface area contributed by atoms with E-state index < -0.39 is 0 Å². The zero-order valence-corrected chi connectivity index (χ0v) is 27.1. The van der Waals surface area contributed by atoms with Crippen LogP contribution in [0.1, 0.15) is 0 Å². The lowest BCUT2D eigenvalue weighted by atomic mass is 10.00. The maximum Gasteiger partial charge on any atom is 0.0963 e. The molecule has 4 nitrogen and oxygen atoms in total. The molecule has 4 heteroatoms. The van der Waals surface area contributed by atoms with Gasteiger partial charge in [-0.25, -0.2) is 0 Å². The van der Waals surface area contributed by atoms with Gasteiger partial charge in [-0.1, -0.05) is 91.0 Å². The molecule has 0 saturated carbocycles. The summed E-state index contributed by atoms with van der Waals surface area (Å²) < 4.78 is 4.74. The van der Waals surface area contributed by atoms with Crippen molar-refractivity contribution in [2.45, 2.75) is 0 Å². The van der Waals surface area contributed by atoms with Crippen LogP contribution in [0.25, 0.3) is 88.6 Å². The Morgan fingerprint density at radius 2 is 0.940 bits per heavy atom. The molecule has 0 aliphatic heterocycles. The number of nitrogens with zero attached hydrogens (tertiary/aromatic N) is 4. The van der Waals surface area contributed by atoms with Crippen LogP contribution in [0.5, 0.6) is 0 Å². The highest BCUT2D eigenvalue weighted by Crippen LogP contribution is 2.39. The number of pyridine rings is 2. The fourth-order valence-corrected chi connectivity index (χ4v) is 7.51. The lowest BCUT2D eigenvalue weighted by Crippen LogP contribution is -1.97. The Balaban J connectivity index is 1.22. The number of hydrogen-bond acceptors (Lipinski definition) is 2. The fraction of sp³-hybridized carbons (Fsp3) is 0. The number of benzene rings is 6. The Morgan fingerprint density at radius 3 is 1.74 bits per heavy atom. The molecule has 0 aliphatic carbocycles. The van der Waals surface area contributed by atoms with Gasteiger partial charge in [0, 0.05) is 45.5 Å². The van der Waals surface area contributed by atoms with Gasteiger partial charge in [-0.15, -0.1) is 0 Å². The fourth-order valence-electron chi connectivity index (χ4n) is 7.51. The van der Waals surface area contributed by atoms with Gasteiger partial charge in [-0.2, -0.15) is 0 Å². The first-order valence-electron chi connectivity index (χ1n) is 16.9. The van der Waals surface area contributed by atoms with Gasteiger partial charge in [0.2, 0.25) is 0 Å². The average Bonchev–Trinajstić information content (AvgIpc) is 3.71. The molecule has 0 radical (unpaired) electrons. The molecule has 0 N–H and O–H groups in total. The lowest BCUT2D eigenvalue weighted by molar-refractivity contribution is 1.17. The van der Waals surface area contributed by atoms with E-state index in [2.05, 4.69) is 161 Å². The van der Waals surface area contributed by atoms with Crippen LogP contribution in [-0.4, -0.2) is 19.1 Å². The second kappa shape index (κ2) is 11.4. The summed E-state index contributed by atoms with van der Waals surface area (Å²) in [5.41, 5.74) is 14.5. The molecule has 0 fully saturated rings. The second-order valence-corrected chi connectivity index (χ2v) is 12.7. The number of para-hydroxylation sites is 2. The van der Waals surface area contributed by atoms with Crippen molar-refractivity contribution < 1.29 is 0 Å². The van der Waals surface area contributed by atoms with Gasteiger partial charge >= 0.3 is 0 Å².